The number of carboxylic acid groups (broad SMARTS) is 1. The fourth-order valence-electron chi connectivity index (χ4n) is 2.11. The maximum Gasteiger partial charge on any atom is 0.335 e. The molecule has 19 heavy (non-hydrogen) atoms. The van der Waals surface area contributed by atoms with Crippen LogP contribution in [0, 0.1) is 0 Å². The maximum atomic E-state index is 11.2. The van der Waals surface area contributed by atoms with E-state index in [0.29, 0.717) is 37.8 Å². The Morgan fingerprint density at radius 2 is 1.95 bits per heavy atom. The third kappa shape index (κ3) is 2.73. The summed E-state index contributed by atoms with van der Waals surface area (Å²) in [6, 6.07) is 3.07. The van der Waals surface area contributed by atoms with E-state index in [9.17, 15) is 4.79 Å². The van der Waals surface area contributed by atoms with Crippen molar-refractivity contribution in [2.75, 3.05) is 45.4 Å². The lowest BCUT2D eigenvalue weighted by Crippen LogP contribution is -2.36. The first-order valence-corrected chi connectivity index (χ1v) is 5.99. The number of anilines is 1. The van der Waals surface area contributed by atoms with E-state index < -0.39 is 5.97 Å². The molecule has 0 amide bonds. The van der Waals surface area contributed by atoms with Crippen molar-refractivity contribution >= 4 is 11.7 Å². The average Bonchev–Trinajstić information content (AvgIpc) is 2.46. The van der Waals surface area contributed by atoms with E-state index >= 15 is 0 Å². The van der Waals surface area contributed by atoms with Crippen LogP contribution in [0.5, 0.6) is 11.5 Å². The quantitative estimate of drug-likeness (QED) is 0.885. The maximum absolute atomic E-state index is 11.2. The number of rotatable bonds is 4. The van der Waals surface area contributed by atoms with E-state index in [0.717, 1.165) is 5.69 Å². The molecule has 6 heteroatoms. The average molecular weight is 267 g/mol. The molecule has 1 aromatic rings. The third-order valence-corrected chi connectivity index (χ3v) is 3.06. The third-order valence-electron chi connectivity index (χ3n) is 3.06. The van der Waals surface area contributed by atoms with E-state index in [4.69, 9.17) is 19.3 Å². The van der Waals surface area contributed by atoms with Crippen LogP contribution in [0.15, 0.2) is 12.1 Å². The summed E-state index contributed by atoms with van der Waals surface area (Å²) in [6.45, 7) is 2.62. The molecule has 0 aliphatic carbocycles. The first-order chi connectivity index (χ1) is 9.17. The van der Waals surface area contributed by atoms with Gasteiger partial charge in [-0.2, -0.15) is 0 Å². The van der Waals surface area contributed by atoms with Gasteiger partial charge in [0.15, 0.2) is 11.5 Å². The van der Waals surface area contributed by atoms with Crippen LogP contribution in [-0.4, -0.2) is 51.6 Å². The largest absolute Gasteiger partial charge is 0.493 e. The monoisotopic (exact) mass is 267 g/mol. The number of carbonyl (C=O) groups is 1. The van der Waals surface area contributed by atoms with E-state index in [1.54, 1.807) is 13.2 Å². The summed E-state index contributed by atoms with van der Waals surface area (Å²) >= 11 is 0. The van der Waals surface area contributed by atoms with Crippen LogP contribution in [0.4, 0.5) is 5.69 Å². The Kier molecular flexibility index (Phi) is 4.11. The van der Waals surface area contributed by atoms with Crippen molar-refractivity contribution < 1.29 is 24.1 Å². The first-order valence-electron chi connectivity index (χ1n) is 5.99. The van der Waals surface area contributed by atoms with Gasteiger partial charge in [0.1, 0.15) is 0 Å². The number of hydrogen-bond acceptors (Lipinski definition) is 5. The minimum Gasteiger partial charge on any atom is -0.493 e. The summed E-state index contributed by atoms with van der Waals surface area (Å²) in [5.41, 5.74) is 0.904. The number of ether oxygens (including phenoxy) is 3. The zero-order chi connectivity index (χ0) is 13.8. The summed E-state index contributed by atoms with van der Waals surface area (Å²) in [5.74, 6) is -0.0197. The van der Waals surface area contributed by atoms with Crippen LogP contribution in [-0.2, 0) is 4.74 Å². The first kappa shape index (κ1) is 13.5. The molecule has 0 atom stereocenters. The minimum absolute atomic E-state index is 0.180. The summed E-state index contributed by atoms with van der Waals surface area (Å²) in [6.07, 6.45) is 0. The fraction of sp³-hybridized carbons (Fsp3) is 0.462. The fourth-order valence-corrected chi connectivity index (χ4v) is 2.11. The lowest BCUT2D eigenvalue weighted by Gasteiger charge is -2.30. The van der Waals surface area contributed by atoms with Crippen LogP contribution in [0.25, 0.3) is 0 Å². The molecule has 1 aliphatic rings. The summed E-state index contributed by atoms with van der Waals surface area (Å²) in [5, 5.41) is 9.15. The Labute approximate surface area is 111 Å². The van der Waals surface area contributed by atoms with Gasteiger partial charge in [-0.3, -0.25) is 0 Å². The van der Waals surface area contributed by atoms with Crippen molar-refractivity contribution in [3.8, 4) is 11.5 Å². The number of aromatic carboxylic acids is 1. The van der Waals surface area contributed by atoms with Crippen LogP contribution in [0.1, 0.15) is 10.4 Å². The second kappa shape index (κ2) is 5.79. The number of carboxylic acids is 1. The van der Waals surface area contributed by atoms with Gasteiger partial charge in [0, 0.05) is 13.1 Å². The number of hydrogen-bond donors (Lipinski definition) is 1. The SMILES string of the molecule is COc1cc(C(=O)O)cc(N2CCOCC2)c1OC. The molecule has 6 nitrogen and oxygen atoms in total. The number of benzene rings is 1. The number of morpholine rings is 1. The van der Waals surface area contributed by atoms with Gasteiger partial charge in [-0.25, -0.2) is 4.79 Å². The van der Waals surface area contributed by atoms with Gasteiger partial charge in [-0.05, 0) is 12.1 Å². The summed E-state index contributed by atoms with van der Waals surface area (Å²) < 4.78 is 15.9. The van der Waals surface area contributed by atoms with Crippen LogP contribution in [0.2, 0.25) is 0 Å². The number of methoxy groups -OCH3 is 2. The van der Waals surface area contributed by atoms with Crippen LogP contribution < -0.4 is 14.4 Å². The second-order valence-corrected chi connectivity index (χ2v) is 4.14. The molecular formula is C13H17NO5. The zero-order valence-electron chi connectivity index (χ0n) is 11.0. The predicted octanol–water partition coefficient (Wildman–Crippen LogP) is 1.24. The second-order valence-electron chi connectivity index (χ2n) is 4.14. The molecule has 0 bridgehead atoms. The van der Waals surface area contributed by atoms with E-state index in [2.05, 4.69) is 0 Å². The van der Waals surface area contributed by atoms with Gasteiger partial charge in [0.2, 0.25) is 0 Å². The topological polar surface area (TPSA) is 68.2 Å². The Balaban J connectivity index is 2.48. The lowest BCUT2D eigenvalue weighted by atomic mass is 10.1. The van der Waals surface area contributed by atoms with Gasteiger partial charge in [0.25, 0.3) is 0 Å². The van der Waals surface area contributed by atoms with Crippen molar-refractivity contribution in [2.45, 2.75) is 0 Å². The van der Waals surface area contributed by atoms with Crippen molar-refractivity contribution in [3.63, 3.8) is 0 Å². The molecule has 0 saturated carbocycles. The molecular weight excluding hydrogens is 250 g/mol. The zero-order valence-corrected chi connectivity index (χ0v) is 11.0. The molecule has 104 valence electrons. The molecule has 1 heterocycles. The molecule has 1 N–H and O–H groups in total. The molecule has 1 saturated heterocycles. The standard InChI is InChI=1S/C13H17NO5/c1-17-11-8-9(13(15)16)7-10(12(11)18-2)14-3-5-19-6-4-14/h7-8H,3-6H2,1-2H3,(H,15,16). The van der Waals surface area contributed by atoms with E-state index in [-0.39, 0.29) is 5.56 Å². The molecule has 1 fully saturated rings. The smallest absolute Gasteiger partial charge is 0.335 e. The Bertz CT molecular complexity index is 468. The van der Waals surface area contributed by atoms with Gasteiger partial charge >= 0.3 is 5.97 Å². The van der Waals surface area contributed by atoms with Gasteiger partial charge in [-0.1, -0.05) is 0 Å². The molecule has 0 unspecified atom stereocenters. The van der Waals surface area contributed by atoms with Gasteiger partial charge in [0.05, 0.1) is 38.7 Å². The normalized spacial score (nSPS) is 15.2. The minimum atomic E-state index is -0.990. The molecule has 0 spiro atoms. The number of nitrogens with zero attached hydrogens (tertiary/aromatic N) is 1. The van der Waals surface area contributed by atoms with Gasteiger partial charge < -0.3 is 24.2 Å². The molecule has 1 aliphatic heterocycles. The molecule has 0 radical (unpaired) electrons. The van der Waals surface area contributed by atoms with E-state index in [1.165, 1.54) is 13.2 Å². The summed E-state index contributed by atoms with van der Waals surface area (Å²) in [4.78, 5) is 13.2. The Morgan fingerprint density at radius 1 is 1.26 bits per heavy atom. The van der Waals surface area contributed by atoms with Crippen molar-refractivity contribution in [1.29, 1.82) is 0 Å². The molecule has 0 aromatic heterocycles. The molecule has 1 aromatic carbocycles. The van der Waals surface area contributed by atoms with Crippen LogP contribution >= 0.6 is 0 Å². The summed E-state index contributed by atoms with van der Waals surface area (Å²) in [7, 11) is 3.04. The van der Waals surface area contributed by atoms with Crippen LogP contribution in [0.3, 0.4) is 0 Å². The Hall–Kier alpha value is -1.95. The lowest BCUT2D eigenvalue weighted by molar-refractivity contribution is 0.0696. The predicted molar refractivity (Wildman–Crippen MR) is 69.5 cm³/mol. The highest BCUT2D eigenvalue weighted by Gasteiger charge is 2.21. The van der Waals surface area contributed by atoms with Gasteiger partial charge in [-0.15, -0.1) is 0 Å². The highest BCUT2D eigenvalue weighted by atomic mass is 16.5. The van der Waals surface area contributed by atoms with E-state index in [1.807, 2.05) is 4.90 Å². The highest BCUT2D eigenvalue weighted by Crippen LogP contribution is 2.39. The van der Waals surface area contributed by atoms with Crippen molar-refractivity contribution in [3.05, 3.63) is 17.7 Å². The van der Waals surface area contributed by atoms with Crippen molar-refractivity contribution in [2.24, 2.45) is 0 Å². The Morgan fingerprint density at radius 3 is 2.47 bits per heavy atom. The molecule has 2 rings (SSSR count). The van der Waals surface area contributed by atoms with Crippen molar-refractivity contribution in [1.82, 2.24) is 0 Å². The highest BCUT2D eigenvalue weighted by molar-refractivity contribution is 5.91.